The second kappa shape index (κ2) is 6.45. The van der Waals surface area contributed by atoms with Crippen LogP contribution in [-0.4, -0.2) is 30.7 Å². The van der Waals surface area contributed by atoms with Crippen molar-refractivity contribution in [1.29, 1.82) is 0 Å². The average molecular weight is 235 g/mol. The van der Waals surface area contributed by atoms with E-state index in [9.17, 15) is 0 Å². The summed E-state index contributed by atoms with van der Waals surface area (Å²) >= 11 is 0. The molecule has 0 bridgehead atoms. The number of ether oxygens (including phenoxy) is 1. The van der Waals surface area contributed by atoms with Crippen LogP contribution in [-0.2, 0) is 0 Å². The van der Waals surface area contributed by atoms with E-state index >= 15 is 0 Å². The zero-order valence-electron chi connectivity index (χ0n) is 10.4. The van der Waals surface area contributed by atoms with Crippen molar-refractivity contribution in [3.05, 3.63) is 18.2 Å². The van der Waals surface area contributed by atoms with E-state index in [1.54, 1.807) is 0 Å². The van der Waals surface area contributed by atoms with E-state index in [0.29, 0.717) is 18.5 Å². The van der Waals surface area contributed by atoms with Crippen molar-refractivity contribution in [3.8, 4) is 5.88 Å². The summed E-state index contributed by atoms with van der Waals surface area (Å²) in [4.78, 5) is 4.43. The lowest BCUT2D eigenvalue weighted by Crippen LogP contribution is -2.31. The van der Waals surface area contributed by atoms with Gasteiger partial charge in [-0.1, -0.05) is 12.5 Å². The van der Waals surface area contributed by atoms with Crippen LogP contribution in [0.15, 0.2) is 18.2 Å². The van der Waals surface area contributed by atoms with E-state index in [-0.39, 0.29) is 0 Å². The molecule has 0 aliphatic carbocycles. The molecule has 0 aromatic carbocycles. The number of hydrogen-bond acceptors (Lipinski definition) is 4. The Morgan fingerprint density at radius 2 is 2.41 bits per heavy atom. The molecule has 0 saturated carbocycles. The lowest BCUT2D eigenvalue weighted by Gasteiger charge is -2.17. The summed E-state index contributed by atoms with van der Waals surface area (Å²) in [5, 5.41) is 6.90. The van der Waals surface area contributed by atoms with Crippen molar-refractivity contribution in [2.75, 3.05) is 25.0 Å². The lowest BCUT2D eigenvalue weighted by molar-refractivity contribution is 0.327. The average Bonchev–Trinajstić information content (AvgIpc) is 2.59. The first kappa shape index (κ1) is 12.2. The Hall–Kier alpha value is -1.29. The van der Waals surface area contributed by atoms with Crippen LogP contribution in [0, 0.1) is 0 Å². The molecule has 1 aromatic rings. The molecule has 0 amide bonds. The quantitative estimate of drug-likeness (QED) is 0.838. The summed E-state index contributed by atoms with van der Waals surface area (Å²) < 4.78 is 5.39. The van der Waals surface area contributed by atoms with E-state index in [2.05, 4.69) is 15.6 Å². The highest BCUT2D eigenvalue weighted by atomic mass is 16.5. The Morgan fingerprint density at radius 1 is 1.47 bits per heavy atom. The highest BCUT2D eigenvalue weighted by Crippen LogP contribution is 2.14. The van der Waals surface area contributed by atoms with Crippen LogP contribution in [0.3, 0.4) is 0 Å². The van der Waals surface area contributed by atoms with Crippen molar-refractivity contribution in [1.82, 2.24) is 10.3 Å². The molecule has 2 rings (SSSR count). The molecular weight excluding hydrogens is 214 g/mol. The van der Waals surface area contributed by atoms with Crippen LogP contribution < -0.4 is 15.4 Å². The Morgan fingerprint density at radius 3 is 3.29 bits per heavy atom. The largest absolute Gasteiger partial charge is 0.478 e. The fourth-order valence-electron chi connectivity index (χ4n) is 2.07. The molecule has 17 heavy (non-hydrogen) atoms. The minimum atomic E-state index is 0.474. The van der Waals surface area contributed by atoms with Crippen LogP contribution in [0.5, 0.6) is 5.88 Å². The van der Waals surface area contributed by atoms with E-state index < -0.39 is 0 Å². The first-order chi connectivity index (χ1) is 8.38. The minimum absolute atomic E-state index is 0.474. The summed E-state index contributed by atoms with van der Waals surface area (Å²) in [7, 11) is 0. The van der Waals surface area contributed by atoms with Crippen molar-refractivity contribution in [2.24, 2.45) is 0 Å². The van der Waals surface area contributed by atoms with E-state index in [1.165, 1.54) is 19.3 Å². The van der Waals surface area contributed by atoms with Gasteiger partial charge in [0.2, 0.25) is 5.88 Å². The highest BCUT2D eigenvalue weighted by Gasteiger charge is 2.11. The van der Waals surface area contributed by atoms with Crippen molar-refractivity contribution in [3.63, 3.8) is 0 Å². The topological polar surface area (TPSA) is 46.2 Å². The van der Waals surface area contributed by atoms with E-state index in [1.807, 2.05) is 25.1 Å². The summed E-state index contributed by atoms with van der Waals surface area (Å²) in [6.45, 7) is 4.77. The second-order valence-corrected chi connectivity index (χ2v) is 4.34. The smallest absolute Gasteiger partial charge is 0.215 e. The predicted molar refractivity (Wildman–Crippen MR) is 69.5 cm³/mol. The minimum Gasteiger partial charge on any atom is -0.478 e. The summed E-state index contributed by atoms with van der Waals surface area (Å²) in [5.74, 6) is 1.60. The third-order valence-corrected chi connectivity index (χ3v) is 2.91. The molecule has 2 heterocycles. The van der Waals surface area contributed by atoms with Gasteiger partial charge in [0, 0.05) is 18.7 Å². The zero-order chi connectivity index (χ0) is 11.9. The maximum Gasteiger partial charge on any atom is 0.215 e. The molecule has 1 fully saturated rings. The monoisotopic (exact) mass is 235 g/mol. The molecule has 4 nitrogen and oxygen atoms in total. The molecule has 0 radical (unpaired) electrons. The number of hydrogen-bond donors (Lipinski definition) is 2. The van der Waals surface area contributed by atoms with Gasteiger partial charge in [0.15, 0.2) is 0 Å². The van der Waals surface area contributed by atoms with E-state index in [4.69, 9.17) is 4.74 Å². The fraction of sp³-hybridized carbons (Fsp3) is 0.615. The predicted octanol–water partition coefficient (Wildman–Crippen LogP) is 2.03. The number of aromatic nitrogens is 1. The summed E-state index contributed by atoms with van der Waals surface area (Å²) in [6, 6.07) is 6.33. The van der Waals surface area contributed by atoms with Crippen LogP contribution in [0.1, 0.15) is 26.2 Å². The Labute approximate surface area is 103 Å². The van der Waals surface area contributed by atoms with Gasteiger partial charge >= 0.3 is 0 Å². The lowest BCUT2D eigenvalue weighted by atomic mass is 10.1. The maximum atomic E-state index is 5.39. The molecule has 1 aliphatic rings. The van der Waals surface area contributed by atoms with Crippen molar-refractivity contribution >= 4 is 5.82 Å². The molecule has 1 unspecified atom stereocenters. The number of rotatable bonds is 4. The first-order valence-corrected chi connectivity index (χ1v) is 6.45. The van der Waals surface area contributed by atoms with Gasteiger partial charge in [0.1, 0.15) is 5.82 Å². The van der Waals surface area contributed by atoms with Crippen LogP contribution >= 0.6 is 0 Å². The fourth-order valence-corrected chi connectivity index (χ4v) is 2.07. The summed E-state index contributed by atoms with van der Waals surface area (Å²) in [5.41, 5.74) is 0. The normalized spacial score (nSPS) is 20.6. The van der Waals surface area contributed by atoms with E-state index in [0.717, 1.165) is 18.9 Å². The molecular formula is C13H21N3O. The van der Waals surface area contributed by atoms with Gasteiger partial charge in [0.05, 0.1) is 6.61 Å². The molecule has 1 aliphatic heterocycles. The Bertz CT molecular complexity index is 335. The molecule has 2 N–H and O–H groups in total. The van der Waals surface area contributed by atoms with Gasteiger partial charge < -0.3 is 15.4 Å². The van der Waals surface area contributed by atoms with Crippen LogP contribution in [0.2, 0.25) is 0 Å². The zero-order valence-corrected chi connectivity index (χ0v) is 10.4. The van der Waals surface area contributed by atoms with Crippen LogP contribution in [0.25, 0.3) is 0 Å². The SMILES string of the molecule is CCOc1cccc(NC2CCCCNC2)n1. The first-order valence-electron chi connectivity index (χ1n) is 6.45. The van der Waals surface area contributed by atoms with Gasteiger partial charge in [-0.2, -0.15) is 4.98 Å². The third-order valence-electron chi connectivity index (χ3n) is 2.91. The Kier molecular flexibility index (Phi) is 4.62. The molecule has 1 saturated heterocycles. The van der Waals surface area contributed by atoms with Crippen LogP contribution in [0.4, 0.5) is 5.82 Å². The van der Waals surface area contributed by atoms with Gasteiger partial charge in [-0.15, -0.1) is 0 Å². The van der Waals surface area contributed by atoms with Gasteiger partial charge in [-0.05, 0) is 32.4 Å². The number of nitrogens with zero attached hydrogens (tertiary/aromatic N) is 1. The van der Waals surface area contributed by atoms with Gasteiger partial charge in [-0.25, -0.2) is 0 Å². The maximum absolute atomic E-state index is 5.39. The molecule has 1 aromatic heterocycles. The number of nitrogens with one attached hydrogen (secondary N) is 2. The Balaban J connectivity index is 1.94. The van der Waals surface area contributed by atoms with Crippen molar-refractivity contribution in [2.45, 2.75) is 32.2 Å². The molecule has 4 heteroatoms. The molecule has 0 spiro atoms. The third kappa shape index (κ3) is 3.89. The number of pyridine rings is 1. The van der Waals surface area contributed by atoms with Crippen molar-refractivity contribution < 1.29 is 4.74 Å². The molecule has 94 valence electrons. The standard InChI is InChI=1S/C13H21N3O/c1-2-17-13-8-5-7-12(16-13)15-11-6-3-4-9-14-10-11/h5,7-8,11,14H,2-4,6,9-10H2,1H3,(H,15,16). The highest BCUT2D eigenvalue weighted by molar-refractivity contribution is 5.38. The molecule has 1 atom stereocenters. The van der Waals surface area contributed by atoms with Gasteiger partial charge in [0.25, 0.3) is 0 Å². The summed E-state index contributed by atoms with van der Waals surface area (Å²) in [6.07, 6.45) is 3.74. The number of anilines is 1. The second-order valence-electron chi connectivity index (χ2n) is 4.34. The van der Waals surface area contributed by atoms with Gasteiger partial charge in [-0.3, -0.25) is 0 Å².